The zero-order chi connectivity index (χ0) is 10.5. The highest BCUT2D eigenvalue weighted by Gasteiger charge is 2.18. The highest BCUT2D eigenvalue weighted by atomic mass is 28.3. The third-order valence-corrected chi connectivity index (χ3v) is 7.46. The van der Waals surface area contributed by atoms with Crippen molar-refractivity contribution in [1.82, 2.24) is 0 Å². The molecule has 0 saturated heterocycles. The van der Waals surface area contributed by atoms with E-state index < -0.39 is 8.80 Å². The van der Waals surface area contributed by atoms with Crippen molar-refractivity contribution in [2.45, 2.75) is 72.0 Å². The van der Waals surface area contributed by atoms with Crippen LogP contribution in [0, 0.1) is 5.41 Å². The zero-order valence-electron chi connectivity index (χ0n) is 10.5. The first kappa shape index (κ1) is 13.2. The second-order valence-corrected chi connectivity index (χ2v) is 9.09. The van der Waals surface area contributed by atoms with Gasteiger partial charge in [0.05, 0.1) is 0 Å². The van der Waals surface area contributed by atoms with E-state index in [4.69, 9.17) is 0 Å². The van der Waals surface area contributed by atoms with Gasteiger partial charge in [0.15, 0.2) is 0 Å². The van der Waals surface area contributed by atoms with E-state index in [1.165, 1.54) is 25.3 Å². The van der Waals surface area contributed by atoms with E-state index >= 15 is 0 Å². The molecule has 0 heterocycles. The van der Waals surface area contributed by atoms with E-state index in [0.29, 0.717) is 5.41 Å². The Morgan fingerprint density at radius 1 is 1.23 bits per heavy atom. The lowest BCUT2D eigenvalue weighted by atomic mass is 9.87. The predicted molar refractivity (Wildman–Crippen MR) is 66.2 cm³/mol. The summed E-state index contributed by atoms with van der Waals surface area (Å²) in [7, 11) is -0.410. The fraction of sp³-hybridized carbons (Fsp3) is 1.00. The Morgan fingerprint density at radius 3 is 2.15 bits per heavy atom. The van der Waals surface area contributed by atoms with E-state index in [1.54, 1.807) is 0 Å². The first-order valence-corrected chi connectivity index (χ1v) is 8.56. The van der Waals surface area contributed by atoms with Crippen molar-refractivity contribution in [3.63, 3.8) is 0 Å². The van der Waals surface area contributed by atoms with E-state index in [-0.39, 0.29) is 0 Å². The molecule has 0 aliphatic heterocycles. The molecule has 0 aromatic heterocycles. The van der Waals surface area contributed by atoms with Gasteiger partial charge in [0, 0.05) is 8.80 Å². The molecule has 0 nitrogen and oxygen atoms in total. The van der Waals surface area contributed by atoms with Crippen LogP contribution in [0.4, 0.5) is 0 Å². The molecule has 80 valence electrons. The van der Waals surface area contributed by atoms with Gasteiger partial charge in [-0.2, -0.15) is 0 Å². The SMILES string of the molecule is CCC(C)[SiH](C)CCC(C)(C)CC. The van der Waals surface area contributed by atoms with Gasteiger partial charge < -0.3 is 0 Å². The molecule has 1 heteroatoms. The Kier molecular flexibility index (Phi) is 5.94. The summed E-state index contributed by atoms with van der Waals surface area (Å²) in [5.74, 6) is 0. The lowest BCUT2D eigenvalue weighted by Crippen LogP contribution is -2.18. The summed E-state index contributed by atoms with van der Waals surface area (Å²) in [4.78, 5) is 0. The van der Waals surface area contributed by atoms with Crippen LogP contribution >= 0.6 is 0 Å². The van der Waals surface area contributed by atoms with Gasteiger partial charge in [-0.3, -0.25) is 0 Å². The van der Waals surface area contributed by atoms with Crippen molar-refractivity contribution in [2.75, 3.05) is 0 Å². The fourth-order valence-corrected chi connectivity index (χ4v) is 4.09. The van der Waals surface area contributed by atoms with Gasteiger partial charge >= 0.3 is 0 Å². The molecule has 0 saturated carbocycles. The molecule has 0 aliphatic rings. The van der Waals surface area contributed by atoms with Crippen LogP contribution in [0.5, 0.6) is 0 Å². The zero-order valence-corrected chi connectivity index (χ0v) is 11.6. The third-order valence-electron chi connectivity index (χ3n) is 3.85. The van der Waals surface area contributed by atoms with Crippen LogP contribution in [0.3, 0.4) is 0 Å². The summed E-state index contributed by atoms with van der Waals surface area (Å²) in [6, 6.07) is 1.54. The van der Waals surface area contributed by atoms with Gasteiger partial charge in [-0.25, -0.2) is 0 Å². The molecule has 0 rings (SSSR count). The summed E-state index contributed by atoms with van der Waals surface area (Å²) in [6.45, 7) is 14.4. The van der Waals surface area contributed by atoms with Crippen LogP contribution in [0.2, 0.25) is 18.1 Å². The van der Waals surface area contributed by atoms with E-state index in [1.807, 2.05) is 0 Å². The summed E-state index contributed by atoms with van der Waals surface area (Å²) in [6.07, 6.45) is 4.16. The van der Waals surface area contributed by atoms with Crippen molar-refractivity contribution in [2.24, 2.45) is 5.41 Å². The van der Waals surface area contributed by atoms with Crippen LogP contribution in [0.25, 0.3) is 0 Å². The number of hydrogen-bond acceptors (Lipinski definition) is 0. The maximum Gasteiger partial charge on any atom is 0.0365 e. The molecule has 0 aromatic rings. The predicted octanol–water partition coefficient (Wildman–Crippen LogP) is 4.47. The second kappa shape index (κ2) is 5.84. The first-order valence-electron chi connectivity index (χ1n) is 5.93. The van der Waals surface area contributed by atoms with Crippen LogP contribution in [0.15, 0.2) is 0 Å². The molecule has 13 heavy (non-hydrogen) atoms. The molecular weight excluding hydrogens is 172 g/mol. The smallest absolute Gasteiger partial charge is 0.0365 e. The van der Waals surface area contributed by atoms with E-state index in [0.717, 1.165) is 5.54 Å². The first-order chi connectivity index (χ1) is 5.93. The second-order valence-electron chi connectivity index (χ2n) is 5.42. The molecule has 0 bridgehead atoms. The van der Waals surface area contributed by atoms with Crippen LogP contribution in [0.1, 0.15) is 53.9 Å². The molecular formula is C12H28Si. The Morgan fingerprint density at radius 2 is 1.77 bits per heavy atom. The van der Waals surface area contributed by atoms with Crippen molar-refractivity contribution >= 4 is 8.80 Å². The molecule has 0 amide bonds. The standard InChI is InChI=1S/C12H28Si/c1-7-11(3)13(6)10-9-12(4,5)8-2/h11,13H,7-10H2,1-6H3. The number of hydrogen-bond donors (Lipinski definition) is 0. The minimum absolute atomic E-state index is 0.410. The van der Waals surface area contributed by atoms with E-state index in [2.05, 4.69) is 41.2 Å². The largest absolute Gasteiger partial charge is 0.0718 e. The van der Waals surface area contributed by atoms with Crippen molar-refractivity contribution in [3.05, 3.63) is 0 Å². The average molecular weight is 200 g/mol. The topological polar surface area (TPSA) is 0 Å². The number of rotatable bonds is 6. The maximum atomic E-state index is 2.54. The van der Waals surface area contributed by atoms with Gasteiger partial charge in [-0.05, 0) is 5.41 Å². The lowest BCUT2D eigenvalue weighted by molar-refractivity contribution is 0.336. The minimum Gasteiger partial charge on any atom is -0.0718 e. The quantitative estimate of drug-likeness (QED) is 0.555. The summed E-state index contributed by atoms with van der Waals surface area (Å²) in [5.41, 5.74) is 1.63. The van der Waals surface area contributed by atoms with Crippen molar-refractivity contribution < 1.29 is 0 Å². The highest BCUT2D eigenvalue weighted by Crippen LogP contribution is 2.29. The molecule has 2 atom stereocenters. The molecule has 0 aromatic carbocycles. The van der Waals surface area contributed by atoms with Gasteiger partial charge in [-0.1, -0.05) is 72.0 Å². The average Bonchev–Trinajstić information content (AvgIpc) is 2.13. The molecule has 0 aliphatic carbocycles. The summed E-state index contributed by atoms with van der Waals surface area (Å²) in [5, 5.41) is 0. The highest BCUT2D eigenvalue weighted by molar-refractivity contribution is 6.58. The molecule has 0 spiro atoms. The van der Waals surface area contributed by atoms with Crippen LogP contribution in [-0.2, 0) is 0 Å². The van der Waals surface area contributed by atoms with Crippen molar-refractivity contribution in [1.29, 1.82) is 0 Å². The summed E-state index contributed by atoms with van der Waals surface area (Å²) >= 11 is 0. The minimum atomic E-state index is -0.410. The molecule has 0 N–H and O–H groups in total. The van der Waals surface area contributed by atoms with Gasteiger partial charge in [-0.15, -0.1) is 0 Å². The summed E-state index contributed by atoms with van der Waals surface area (Å²) < 4.78 is 0. The molecule has 0 radical (unpaired) electrons. The van der Waals surface area contributed by atoms with Crippen molar-refractivity contribution in [3.8, 4) is 0 Å². The van der Waals surface area contributed by atoms with Gasteiger partial charge in [0.2, 0.25) is 0 Å². The fourth-order valence-electron chi connectivity index (χ4n) is 1.48. The van der Waals surface area contributed by atoms with Crippen LogP contribution in [-0.4, -0.2) is 8.80 Å². The Bertz CT molecular complexity index is 129. The van der Waals surface area contributed by atoms with E-state index in [9.17, 15) is 0 Å². The Balaban J connectivity index is 3.75. The maximum absolute atomic E-state index is 2.54. The Labute approximate surface area is 86.7 Å². The Hall–Kier alpha value is 0.217. The normalized spacial score (nSPS) is 17.1. The third kappa shape index (κ3) is 5.51. The van der Waals surface area contributed by atoms with Gasteiger partial charge in [0.25, 0.3) is 0 Å². The molecule has 2 unspecified atom stereocenters. The van der Waals surface area contributed by atoms with Crippen LogP contribution < -0.4 is 0 Å². The monoisotopic (exact) mass is 200 g/mol. The van der Waals surface area contributed by atoms with Gasteiger partial charge in [0.1, 0.15) is 0 Å². The lowest BCUT2D eigenvalue weighted by Gasteiger charge is -2.25. The molecule has 0 fully saturated rings.